The molecule has 2 atom stereocenters. The Kier molecular flexibility index (Phi) is 5.42. The summed E-state index contributed by atoms with van der Waals surface area (Å²) in [6, 6.07) is 9.67. The molecule has 136 valence electrons. The van der Waals surface area contributed by atoms with Crippen molar-refractivity contribution in [1.29, 1.82) is 0 Å². The van der Waals surface area contributed by atoms with Gasteiger partial charge in [0.2, 0.25) is 11.8 Å². The molecule has 2 aliphatic rings. The second-order valence-corrected chi connectivity index (χ2v) is 7.46. The van der Waals surface area contributed by atoms with E-state index in [9.17, 15) is 9.59 Å². The monoisotopic (exact) mass is 343 g/mol. The first-order valence-corrected chi connectivity index (χ1v) is 9.43. The van der Waals surface area contributed by atoms with Gasteiger partial charge in [0.05, 0.1) is 11.3 Å². The second-order valence-electron chi connectivity index (χ2n) is 7.46. The Morgan fingerprint density at radius 1 is 1.24 bits per heavy atom. The van der Waals surface area contributed by atoms with Crippen LogP contribution in [-0.4, -0.2) is 54.3 Å². The summed E-state index contributed by atoms with van der Waals surface area (Å²) in [5.74, 6) is -0.0788. The summed E-state index contributed by atoms with van der Waals surface area (Å²) < 4.78 is 0. The lowest BCUT2D eigenvalue weighted by Crippen LogP contribution is -2.47. The fourth-order valence-corrected chi connectivity index (χ4v) is 4.37. The van der Waals surface area contributed by atoms with Crippen LogP contribution in [-0.2, 0) is 15.0 Å². The van der Waals surface area contributed by atoms with Crippen molar-refractivity contribution in [2.75, 3.05) is 32.7 Å². The average molecular weight is 343 g/mol. The van der Waals surface area contributed by atoms with Crippen LogP contribution in [0.15, 0.2) is 30.3 Å². The Balaban J connectivity index is 1.72. The van der Waals surface area contributed by atoms with E-state index < -0.39 is 5.41 Å². The number of likely N-dealkylation sites (tertiary alicyclic amines) is 2. The molecular formula is C20H29N3O2. The van der Waals surface area contributed by atoms with Crippen LogP contribution in [0.3, 0.4) is 0 Å². The third-order valence-corrected chi connectivity index (χ3v) is 5.77. The zero-order valence-corrected chi connectivity index (χ0v) is 15.1. The zero-order chi connectivity index (χ0) is 17.9. The topological polar surface area (TPSA) is 66.6 Å². The predicted molar refractivity (Wildman–Crippen MR) is 98.0 cm³/mol. The maximum atomic E-state index is 13.0. The SMILES string of the molecule is CCCN1CCCC(C(=O)N2CCC(C(N)=O)(c3ccccc3)C2)C1. The van der Waals surface area contributed by atoms with Crippen molar-refractivity contribution in [2.24, 2.45) is 11.7 Å². The lowest BCUT2D eigenvalue weighted by molar-refractivity contribution is -0.136. The van der Waals surface area contributed by atoms with Crippen molar-refractivity contribution in [3.8, 4) is 0 Å². The third-order valence-electron chi connectivity index (χ3n) is 5.77. The molecule has 0 radical (unpaired) electrons. The molecule has 0 aromatic heterocycles. The van der Waals surface area contributed by atoms with E-state index in [1.807, 2.05) is 35.2 Å². The number of amides is 2. The van der Waals surface area contributed by atoms with E-state index in [-0.39, 0.29) is 17.7 Å². The van der Waals surface area contributed by atoms with Gasteiger partial charge in [0.15, 0.2) is 0 Å². The number of hydrogen-bond acceptors (Lipinski definition) is 3. The highest BCUT2D eigenvalue weighted by atomic mass is 16.2. The Labute approximate surface area is 150 Å². The summed E-state index contributed by atoms with van der Waals surface area (Å²) in [6.07, 6.45) is 3.75. The maximum Gasteiger partial charge on any atom is 0.229 e. The van der Waals surface area contributed by atoms with Gasteiger partial charge in [-0.25, -0.2) is 0 Å². The van der Waals surface area contributed by atoms with Gasteiger partial charge in [-0.15, -0.1) is 0 Å². The molecule has 2 fully saturated rings. The largest absolute Gasteiger partial charge is 0.369 e. The first-order chi connectivity index (χ1) is 12.1. The number of nitrogens with two attached hydrogens (primary N) is 1. The molecule has 0 saturated carbocycles. The Bertz CT molecular complexity index is 617. The molecule has 3 rings (SSSR count). The molecule has 0 bridgehead atoms. The van der Waals surface area contributed by atoms with Gasteiger partial charge in [-0.3, -0.25) is 9.59 Å². The van der Waals surface area contributed by atoms with Gasteiger partial charge in [-0.05, 0) is 44.3 Å². The van der Waals surface area contributed by atoms with Gasteiger partial charge in [0.1, 0.15) is 0 Å². The summed E-state index contributed by atoms with van der Waals surface area (Å²) in [7, 11) is 0. The number of carbonyl (C=O) groups is 2. The highest BCUT2D eigenvalue weighted by Crippen LogP contribution is 2.35. The fourth-order valence-electron chi connectivity index (χ4n) is 4.37. The molecule has 25 heavy (non-hydrogen) atoms. The number of rotatable bonds is 5. The lowest BCUT2D eigenvalue weighted by atomic mass is 9.79. The average Bonchev–Trinajstić information content (AvgIpc) is 3.09. The molecule has 2 N–H and O–H groups in total. The molecule has 5 heteroatoms. The fraction of sp³-hybridized carbons (Fsp3) is 0.600. The first kappa shape index (κ1) is 17.9. The number of piperidine rings is 1. The first-order valence-electron chi connectivity index (χ1n) is 9.43. The van der Waals surface area contributed by atoms with Crippen molar-refractivity contribution in [1.82, 2.24) is 9.80 Å². The molecule has 0 spiro atoms. The zero-order valence-electron chi connectivity index (χ0n) is 15.1. The van der Waals surface area contributed by atoms with Gasteiger partial charge in [-0.1, -0.05) is 37.3 Å². The number of carbonyl (C=O) groups excluding carboxylic acids is 2. The van der Waals surface area contributed by atoms with Crippen LogP contribution in [0.25, 0.3) is 0 Å². The minimum Gasteiger partial charge on any atom is -0.369 e. The van der Waals surface area contributed by atoms with Gasteiger partial charge >= 0.3 is 0 Å². The molecule has 1 aromatic rings. The molecule has 2 saturated heterocycles. The number of hydrogen-bond donors (Lipinski definition) is 1. The molecule has 1 aromatic carbocycles. The van der Waals surface area contributed by atoms with Crippen molar-refractivity contribution in [2.45, 2.75) is 38.0 Å². The van der Waals surface area contributed by atoms with Crippen LogP contribution >= 0.6 is 0 Å². The minimum absolute atomic E-state index is 0.0553. The van der Waals surface area contributed by atoms with E-state index in [4.69, 9.17) is 5.73 Å². The van der Waals surface area contributed by atoms with E-state index >= 15 is 0 Å². The van der Waals surface area contributed by atoms with Gasteiger partial charge in [-0.2, -0.15) is 0 Å². The van der Waals surface area contributed by atoms with E-state index in [1.54, 1.807) is 0 Å². The van der Waals surface area contributed by atoms with E-state index in [1.165, 1.54) is 0 Å². The summed E-state index contributed by atoms with van der Waals surface area (Å²) in [4.78, 5) is 29.6. The molecule has 2 heterocycles. The van der Waals surface area contributed by atoms with Crippen molar-refractivity contribution >= 4 is 11.8 Å². The Hall–Kier alpha value is -1.88. The number of primary amides is 1. The number of nitrogens with zero attached hydrogens (tertiary/aromatic N) is 2. The van der Waals surface area contributed by atoms with Crippen molar-refractivity contribution in [3.05, 3.63) is 35.9 Å². The highest BCUT2D eigenvalue weighted by Gasteiger charge is 2.47. The van der Waals surface area contributed by atoms with Crippen LogP contribution in [0, 0.1) is 5.92 Å². The second kappa shape index (κ2) is 7.56. The minimum atomic E-state index is -0.741. The van der Waals surface area contributed by atoms with Crippen molar-refractivity contribution in [3.63, 3.8) is 0 Å². The molecule has 0 aliphatic carbocycles. The Morgan fingerprint density at radius 3 is 2.68 bits per heavy atom. The molecule has 2 amide bonds. The van der Waals surface area contributed by atoms with E-state index in [0.29, 0.717) is 19.5 Å². The highest BCUT2D eigenvalue weighted by molar-refractivity contribution is 5.89. The quantitative estimate of drug-likeness (QED) is 0.886. The van der Waals surface area contributed by atoms with Crippen LogP contribution in [0.5, 0.6) is 0 Å². The smallest absolute Gasteiger partial charge is 0.229 e. The molecule has 2 aliphatic heterocycles. The van der Waals surface area contributed by atoms with Crippen LogP contribution in [0.1, 0.15) is 38.2 Å². The predicted octanol–water partition coefficient (Wildman–Crippen LogP) is 1.76. The maximum absolute atomic E-state index is 13.0. The summed E-state index contributed by atoms with van der Waals surface area (Å²) >= 11 is 0. The molecule has 5 nitrogen and oxygen atoms in total. The van der Waals surface area contributed by atoms with Crippen LogP contribution < -0.4 is 5.73 Å². The molecular weight excluding hydrogens is 314 g/mol. The lowest BCUT2D eigenvalue weighted by Gasteiger charge is -2.34. The van der Waals surface area contributed by atoms with E-state index in [0.717, 1.165) is 44.5 Å². The van der Waals surface area contributed by atoms with Crippen LogP contribution in [0.4, 0.5) is 0 Å². The van der Waals surface area contributed by atoms with Gasteiger partial charge in [0.25, 0.3) is 0 Å². The van der Waals surface area contributed by atoms with E-state index in [2.05, 4.69) is 11.8 Å². The summed E-state index contributed by atoms with van der Waals surface area (Å²) in [6.45, 7) is 6.19. The molecule has 2 unspecified atom stereocenters. The summed E-state index contributed by atoms with van der Waals surface area (Å²) in [5.41, 5.74) is 5.97. The third kappa shape index (κ3) is 3.56. The summed E-state index contributed by atoms with van der Waals surface area (Å²) in [5, 5.41) is 0. The van der Waals surface area contributed by atoms with Gasteiger partial charge in [0, 0.05) is 19.6 Å². The van der Waals surface area contributed by atoms with Crippen molar-refractivity contribution < 1.29 is 9.59 Å². The number of benzene rings is 1. The normalized spacial score (nSPS) is 27.4. The Morgan fingerprint density at radius 2 is 2.00 bits per heavy atom. The standard InChI is InChI=1S/C20H29N3O2/c1-2-11-22-12-6-7-16(14-22)18(24)23-13-10-20(15-23,19(21)25)17-8-4-3-5-9-17/h3-5,8-9,16H,2,6-7,10-15H2,1H3,(H2,21,25). The van der Waals surface area contributed by atoms with Gasteiger partial charge < -0.3 is 15.5 Å². The van der Waals surface area contributed by atoms with Crippen LogP contribution in [0.2, 0.25) is 0 Å².